The van der Waals surface area contributed by atoms with E-state index in [9.17, 15) is 8.60 Å². The summed E-state index contributed by atoms with van der Waals surface area (Å²) < 4.78 is 25.2. The van der Waals surface area contributed by atoms with E-state index < -0.39 is 10.8 Å². The molecule has 2 rings (SSSR count). The van der Waals surface area contributed by atoms with Crippen molar-refractivity contribution < 1.29 is 8.60 Å². The highest BCUT2D eigenvalue weighted by molar-refractivity contribution is 7.85. The van der Waals surface area contributed by atoms with Crippen molar-refractivity contribution in [3.8, 4) is 0 Å². The largest absolute Gasteiger partial charge is 0.327 e. The first-order valence-electron chi connectivity index (χ1n) is 6.56. The van der Waals surface area contributed by atoms with Gasteiger partial charge in [0, 0.05) is 16.7 Å². The highest BCUT2D eigenvalue weighted by atomic mass is 32.2. The Morgan fingerprint density at radius 2 is 2.06 bits per heavy atom. The molecule has 1 aromatic rings. The van der Waals surface area contributed by atoms with Gasteiger partial charge in [-0.05, 0) is 37.0 Å². The maximum Gasteiger partial charge on any atom is 0.124 e. The Bertz CT molecular complexity index is 418. The van der Waals surface area contributed by atoms with Crippen molar-refractivity contribution in [3.63, 3.8) is 0 Å². The normalized spacial score (nSPS) is 20.6. The van der Waals surface area contributed by atoms with Gasteiger partial charge in [0.2, 0.25) is 0 Å². The Morgan fingerprint density at radius 1 is 1.33 bits per heavy atom. The molecule has 0 radical (unpaired) electrons. The van der Waals surface area contributed by atoms with Crippen LogP contribution in [0.15, 0.2) is 29.2 Å². The van der Waals surface area contributed by atoms with Crippen molar-refractivity contribution >= 4 is 10.8 Å². The molecule has 0 amide bonds. The second-order valence-electron chi connectivity index (χ2n) is 5.03. The van der Waals surface area contributed by atoms with E-state index in [1.807, 2.05) is 0 Å². The van der Waals surface area contributed by atoms with Crippen molar-refractivity contribution in [1.82, 2.24) is 0 Å². The number of hydrogen-bond donors (Lipinski definition) is 1. The zero-order valence-electron chi connectivity index (χ0n) is 10.5. The first-order chi connectivity index (χ1) is 8.66. The summed E-state index contributed by atoms with van der Waals surface area (Å²) in [5.41, 5.74) is 6.14. The summed E-state index contributed by atoms with van der Waals surface area (Å²) in [6.45, 7) is 0. The van der Waals surface area contributed by atoms with E-state index in [4.69, 9.17) is 5.73 Å². The van der Waals surface area contributed by atoms with Crippen LogP contribution in [-0.2, 0) is 10.8 Å². The van der Waals surface area contributed by atoms with E-state index >= 15 is 0 Å². The molecule has 2 N–H and O–H groups in total. The average Bonchev–Trinajstić information content (AvgIpc) is 2.39. The van der Waals surface area contributed by atoms with Gasteiger partial charge in [-0.15, -0.1) is 0 Å². The third-order valence-corrected chi connectivity index (χ3v) is 5.13. The van der Waals surface area contributed by atoms with Gasteiger partial charge in [-0.2, -0.15) is 0 Å². The summed E-state index contributed by atoms with van der Waals surface area (Å²) in [5, 5.41) is 0. The van der Waals surface area contributed by atoms with Crippen LogP contribution in [0.5, 0.6) is 0 Å². The highest BCUT2D eigenvalue weighted by Crippen LogP contribution is 2.26. The van der Waals surface area contributed by atoms with Gasteiger partial charge in [0.15, 0.2) is 0 Å². The summed E-state index contributed by atoms with van der Waals surface area (Å²) in [5.74, 6) is 0.581. The molecule has 1 aliphatic carbocycles. The molecule has 100 valence electrons. The van der Waals surface area contributed by atoms with Crippen molar-refractivity contribution in [1.29, 1.82) is 0 Å². The summed E-state index contributed by atoms with van der Waals surface area (Å²) in [6, 6.07) is 5.96. The van der Waals surface area contributed by atoms with Crippen LogP contribution in [0.1, 0.15) is 32.1 Å². The van der Waals surface area contributed by atoms with Gasteiger partial charge in [0.25, 0.3) is 0 Å². The smallest absolute Gasteiger partial charge is 0.124 e. The maximum absolute atomic E-state index is 13.1. The Hall–Kier alpha value is -0.740. The van der Waals surface area contributed by atoms with Crippen LogP contribution < -0.4 is 5.73 Å². The molecule has 0 spiro atoms. The molecule has 4 heteroatoms. The highest BCUT2D eigenvalue weighted by Gasteiger charge is 2.22. The average molecular weight is 269 g/mol. The third kappa shape index (κ3) is 3.62. The molecule has 1 aromatic carbocycles. The summed E-state index contributed by atoms with van der Waals surface area (Å²) in [7, 11) is -1.19. The van der Waals surface area contributed by atoms with Gasteiger partial charge in [-0.25, -0.2) is 4.39 Å². The lowest BCUT2D eigenvalue weighted by Gasteiger charge is -2.27. The summed E-state index contributed by atoms with van der Waals surface area (Å²) in [4.78, 5) is 0.543. The van der Waals surface area contributed by atoms with E-state index in [1.165, 1.54) is 31.4 Å². The van der Waals surface area contributed by atoms with Crippen molar-refractivity contribution in [2.45, 2.75) is 43.0 Å². The molecule has 2 nitrogen and oxygen atoms in total. The lowest BCUT2D eigenvalue weighted by atomic mass is 9.85. The SMILES string of the molecule is NC(CS(=O)c1cccc(F)c1)C1CCCCC1. The van der Waals surface area contributed by atoms with E-state index in [2.05, 4.69) is 0 Å². The predicted octanol–water partition coefficient (Wildman–Crippen LogP) is 2.84. The Morgan fingerprint density at radius 3 is 2.72 bits per heavy atom. The van der Waals surface area contributed by atoms with Crippen molar-refractivity contribution in [3.05, 3.63) is 30.1 Å². The standard InChI is InChI=1S/C14H20FNOS/c15-12-7-4-8-13(9-12)18(17)10-14(16)11-5-2-1-3-6-11/h4,7-9,11,14H,1-3,5-6,10,16H2. The lowest BCUT2D eigenvalue weighted by molar-refractivity contribution is 0.318. The van der Waals surface area contributed by atoms with Crippen LogP contribution in [0, 0.1) is 11.7 Å². The lowest BCUT2D eigenvalue weighted by Crippen LogP contribution is -2.36. The fraction of sp³-hybridized carbons (Fsp3) is 0.571. The second kappa shape index (κ2) is 6.43. The second-order valence-corrected chi connectivity index (χ2v) is 6.53. The van der Waals surface area contributed by atoms with Gasteiger partial charge >= 0.3 is 0 Å². The zero-order chi connectivity index (χ0) is 13.0. The van der Waals surface area contributed by atoms with Crippen molar-refractivity contribution in [2.75, 3.05) is 5.75 Å². The maximum atomic E-state index is 13.1. The number of benzene rings is 1. The summed E-state index contributed by atoms with van der Waals surface area (Å²) >= 11 is 0. The van der Waals surface area contributed by atoms with Gasteiger partial charge in [-0.1, -0.05) is 25.3 Å². The van der Waals surface area contributed by atoms with Crippen LogP contribution in [0.2, 0.25) is 0 Å². The topological polar surface area (TPSA) is 43.1 Å². The molecule has 1 fully saturated rings. The number of rotatable bonds is 4. The summed E-state index contributed by atoms with van der Waals surface area (Å²) in [6.07, 6.45) is 6.02. The van der Waals surface area contributed by atoms with E-state index in [0.717, 1.165) is 12.8 Å². The molecule has 0 heterocycles. The minimum atomic E-state index is -1.19. The Labute approximate surface area is 110 Å². The molecule has 0 aromatic heterocycles. The first kappa shape index (κ1) is 13.7. The first-order valence-corrected chi connectivity index (χ1v) is 7.88. The molecule has 2 unspecified atom stereocenters. The fourth-order valence-electron chi connectivity index (χ4n) is 2.58. The zero-order valence-corrected chi connectivity index (χ0v) is 11.3. The molecule has 1 aliphatic rings. The van der Waals surface area contributed by atoms with Crippen LogP contribution in [0.25, 0.3) is 0 Å². The molecular formula is C14H20FNOS. The Kier molecular flexibility index (Phi) is 4.89. The molecular weight excluding hydrogens is 249 g/mol. The molecule has 0 bridgehead atoms. The molecule has 18 heavy (non-hydrogen) atoms. The van der Waals surface area contributed by atoms with Crippen LogP contribution in [0.4, 0.5) is 4.39 Å². The van der Waals surface area contributed by atoms with E-state index in [1.54, 1.807) is 12.1 Å². The van der Waals surface area contributed by atoms with Crippen LogP contribution in [0.3, 0.4) is 0 Å². The van der Waals surface area contributed by atoms with Gasteiger partial charge in [-0.3, -0.25) is 4.21 Å². The van der Waals surface area contributed by atoms with Gasteiger partial charge in [0.1, 0.15) is 5.82 Å². The van der Waals surface area contributed by atoms with Crippen molar-refractivity contribution in [2.24, 2.45) is 11.7 Å². The molecule has 0 aliphatic heterocycles. The number of hydrogen-bond acceptors (Lipinski definition) is 2. The minimum Gasteiger partial charge on any atom is -0.327 e. The Balaban J connectivity index is 1.94. The molecule has 2 atom stereocenters. The molecule has 0 saturated heterocycles. The van der Waals surface area contributed by atoms with Gasteiger partial charge in [0.05, 0.1) is 10.8 Å². The van der Waals surface area contributed by atoms with E-state index in [0.29, 0.717) is 16.6 Å². The molecule has 1 saturated carbocycles. The number of halogens is 1. The van der Waals surface area contributed by atoms with Crippen LogP contribution >= 0.6 is 0 Å². The third-order valence-electron chi connectivity index (χ3n) is 3.66. The van der Waals surface area contributed by atoms with Crippen LogP contribution in [-0.4, -0.2) is 16.0 Å². The number of nitrogens with two attached hydrogens (primary N) is 1. The van der Waals surface area contributed by atoms with E-state index in [-0.39, 0.29) is 11.9 Å². The minimum absolute atomic E-state index is 0.0330. The monoisotopic (exact) mass is 269 g/mol. The predicted molar refractivity (Wildman–Crippen MR) is 72.2 cm³/mol. The quantitative estimate of drug-likeness (QED) is 0.913. The fourth-order valence-corrected chi connectivity index (χ4v) is 3.87. The van der Waals surface area contributed by atoms with Gasteiger partial charge < -0.3 is 5.73 Å².